The lowest BCUT2D eigenvalue weighted by molar-refractivity contribution is -0.134. The van der Waals surface area contributed by atoms with Gasteiger partial charge in [0, 0.05) is 41.8 Å². The number of aromatic nitrogens is 1. The van der Waals surface area contributed by atoms with Crippen LogP contribution < -0.4 is 24.3 Å². The van der Waals surface area contributed by atoms with E-state index in [-0.39, 0.29) is 18.6 Å². The topological polar surface area (TPSA) is 82.2 Å². The summed E-state index contributed by atoms with van der Waals surface area (Å²) in [7, 11) is 4.85. The molecule has 0 fully saturated rings. The summed E-state index contributed by atoms with van der Waals surface area (Å²) >= 11 is 5.97. The van der Waals surface area contributed by atoms with Crippen LogP contribution in [0.25, 0.3) is 10.9 Å². The highest BCUT2D eigenvalue weighted by Gasteiger charge is 2.17. The van der Waals surface area contributed by atoms with Gasteiger partial charge >= 0.3 is 0 Å². The molecule has 0 saturated heterocycles. The third kappa shape index (κ3) is 8.17. The summed E-state index contributed by atoms with van der Waals surface area (Å²) < 4.78 is 22.1. The Morgan fingerprint density at radius 2 is 1.73 bits per heavy atom. The summed E-state index contributed by atoms with van der Waals surface area (Å²) in [5.41, 5.74) is 2.74. The number of anilines is 1. The summed E-state index contributed by atoms with van der Waals surface area (Å²) in [6, 6.07) is 20.6. The third-order valence-corrected chi connectivity index (χ3v) is 6.98. The molecule has 3 aromatic carbocycles. The van der Waals surface area contributed by atoms with E-state index in [1.807, 2.05) is 47.4 Å². The molecule has 4 rings (SSSR count). The molecular weight excluding hydrogens is 542 g/mol. The SMILES string of the molecule is COc1cc(NC(C)CCCN(Cc2ccc(OC)c(OC)c2)C(=O)COc2ccc(Cl)cc2)c2ncccc2c1. The molecule has 0 spiro atoms. The van der Waals surface area contributed by atoms with Crippen molar-refractivity contribution in [2.24, 2.45) is 0 Å². The van der Waals surface area contributed by atoms with Crippen LogP contribution in [0.3, 0.4) is 0 Å². The van der Waals surface area contributed by atoms with Gasteiger partial charge in [-0.1, -0.05) is 23.7 Å². The van der Waals surface area contributed by atoms with Gasteiger partial charge in [0.2, 0.25) is 0 Å². The molecule has 1 heterocycles. The highest BCUT2D eigenvalue weighted by atomic mass is 35.5. The zero-order valence-electron chi connectivity index (χ0n) is 23.9. The molecule has 9 heteroatoms. The first kappa shape index (κ1) is 29.8. The zero-order valence-corrected chi connectivity index (χ0v) is 24.6. The van der Waals surface area contributed by atoms with Crippen LogP contribution in [0, 0.1) is 0 Å². The highest BCUT2D eigenvalue weighted by molar-refractivity contribution is 6.30. The number of nitrogens with one attached hydrogen (secondary N) is 1. The number of benzene rings is 3. The van der Waals surface area contributed by atoms with E-state index in [0.29, 0.717) is 35.4 Å². The van der Waals surface area contributed by atoms with Crippen molar-refractivity contribution < 1.29 is 23.7 Å². The molecule has 8 nitrogen and oxygen atoms in total. The molecule has 41 heavy (non-hydrogen) atoms. The van der Waals surface area contributed by atoms with Crippen molar-refractivity contribution >= 4 is 34.1 Å². The van der Waals surface area contributed by atoms with Crippen LogP contribution >= 0.6 is 11.6 Å². The molecule has 1 atom stereocenters. The number of ether oxygens (including phenoxy) is 4. The molecule has 216 valence electrons. The predicted molar refractivity (Wildman–Crippen MR) is 163 cm³/mol. The Balaban J connectivity index is 1.42. The number of carbonyl (C=O) groups excluding carboxylic acids is 1. The number of halogens is 1. The van der Waals surface area contributed by atoms with Crippen molar-refractivity contribution in [2.45, 2.75) is 32.4 Å². The molecule has 0 aliphatic rings. The van der Waals surface area contributed by atoms with Gasteiger partial charge in [-0.05, 0) is 73.9 Å². The molecule has 4 aromatic rings. The van der Waals surface area contributed by atoms with Crippen LogP contribution in [0.4, 0.5) is 5.69 Å². The zero-order chi connectivity index (χ0) is 29.2. The number of amides is 1. The molecular formula is C32H36ClN3O5. The van der Waals surface area contributed by atoms with E-state index in [2.05, 4.69) is 17.2 Å². The van der Waals surface area contributed by atoms with Crippen molar-refractivity contribution in [1.82, 2.24) is 9.88 Å². The Kier molecular flexibility index (Phi) is 10.5. The van der Waals surface area contributed by atoms with Crippen molar-refractivity contribution in [3.05, 3.63) is 83.5 Å². The Bertz CT molecular complexity index is 1450. The third-order valence-electron chi connectivity index (χ3n) is 6.73. The van der Waals surface area contributed by atoms with Crippen LogP contribution in [0.5, 0.6) is 23.0 Å². The van der Waals surface area contributed by atoms with E-state index < -0.39 is 0 Å². The van der Waals surface area contributed by atoms with Crippen molar-refractivity contribution in [2.75, 3.05) is 39.8 Å². The summed E-state index contributed by atoms with van der Waals surface area (Å²) in [6.45, 7) is 3.01. The lowest BCUT2D eigenvalue weighted by Crippen LogP contribution is -2.35. The predicted octanol–water partition coefficient (Wildman–Crippen LogP) is 6.60. The first-order chi connectivity index (χ1) is 19.9. The normalized spacial score (nSPS) is 11.5. The minimum atomic E-state index is -0.113. The van der Waals surface area contributed by atoms with Crippen LogP contribution in [-0.4, -0.2) is 56.3 Å². The van der Waals surface area contributed by atoms with E-state index in [4.69, 9.17) is 30.5 Å². The Hall–Kier alpha value is -4.17. The number of hydrogen-bond donors (Lipinski definition) is 1. The summed E-state index contributed by atoms with van der Waals surface area (Å²) in [4.78, 5) is 19.7. The monoisotopic (exact) mass is 577 g/mol. The quantitative estimate of drug-likeness (QED) is 0.181. The lowest BCUT2D eigenvalue weighted by atomic mass is 10.1. The highest BCUT2D eigenvalue weighted by Crippen LogP contribution is 2.30. The van der Waals surface area contributed by atoms with Gasteiger partial charge in [-0.3, -0.25) is 9.78 Å². The first-order valence-corrected chi connectivity index (χ1v) is 13.8. The smallest absolute Gasteiger partial charge is 0.260 e. The summed E-state index contributed by atoms with van der Waals surface area (Å²) in [6.07, 6.45) is 3.40. The van der Waals surface area contributed by atoms with Gasteiger partial charge in [-0.15, -0.1) is 0 Å². The average molecular weight is 578 g/mol. The first-order valence-electron chi connectivity index (χ1n) is 13.5. The Morgan fingerprint density at radius 3 is 2.46 bits per heavy atom. The van der Waals surface area contributed by atoms with Crippen LogP contribution in [-0.2, 0) is 11.3 Å². The molecule has 0 aliphatic carbocycles. The Morgan fingerprint density at radius 1 is 0.951 bits per heavy atom. The molecule has 1 amide bonds. The van der Waals surface area contributed by atoms with Gasteiger partial charge < -0.3 is 29.2 Å². The van der Waals surface area contributed by atoms with Crippen molar-refractivity contribution in [3.8, 4) is 23.0 Å². The number of methoxy groups -OCH3 is 3. The minimum Gasteiger partial charge on any atom is -0.497 e. The second-order valence-corrected chi connectivity index (χ2v) is 10.1. The fourth-order valence-electron chi connectivity index (χ4n) is 4.58. The van der Waals surface area contributed by atoms with Crippen LogP contribution in [0.15, 0.2) is 72.9 Å². The number of nitrogens with zero attached hydrogens (tertiary/aromatic N) is 2. The number of carbonyl (C=O) groups is 1. The lowest BCUT2D eigenvalue weighted by Gasteiger charge is -2.25. The van der Waals surface area contributed by atoms with Crippen LogP contribution in [0.1, 0.15) is 25.3 Å². The van der Waals surface area contributed by atoms with Gasteiger partial charge in [0.1, 0.15) is 11.5 Å². The molecule has 0 radical (unpaired) electrons. The van der Waals surface area contributed by atoms with Crippen LogP contribution in [0.2, 0.25) is 5.02 Å². The largest absolute Gasteiger partial charge is 0.497 e. The average Bonchev–Trinajstić information content (AvgIpc) is 2.99. The van der Waals surface area contributed by atoms with E-state index in [0.717, 1.165) is 40.7 Å². The molecule has 0 bridgehead atoms. The van der Waals surface area contributed by atoms with E-state index in [1.165, 1.54) is 0 Å². The molecule has 0 saturated carbocycles. The summed E-state index contributed by atoms with van der Waals surface area (Å²) in [5.74, 6) is 2.50. The maximum absolute atomic E-state index is 13.3. The maximum Gasteiger partial charge on any atom is 0.260 e. The Labute approximate surface area is 246 Å². The van der Waals surface area contributed by atoms with Crippen molar-refractivity contribution in [1.29, 1.82) is 0 Å². The fraction of sp³-hybridized carbons (Fsp3) is 0.312. The van der Waals surface area contributed by atoms with E-state index in [1.54, 1.807) is 51.8 Å². The molecule has 1 N–H and O–H groups in total. The van der Waals surface area contributed by atoms with E-state index in [9.17, 15) is 4.79 Å². The number of fused-ring (bicyclic) bond motifs is 1. The summed E-state index contributed by atoms with van der Waals surface area (Å²) in [5, 5.41) is 5.20. The van der Waals surface area contributed by atoms with Gasteiger partial charge in [0.15, 0.2) is 18.1 Å². The van der Waals surface area contributed by atoms with Gasteiger partial charge in [0.25, 0.3) is 5.91 Å². The van der Waals surface area contributed by atoms with Gasteiger partial charge in [0.05, 0.1) is 32.5 Å². The second-order valence-electron chi connectivity index (χ2n) is 9.68. The number of pyridine rings is 1. The number of hydrogen-bond acceptors (Lipinski definition) is 7. The van der Waals surface area contributed by atoms with Gasteiger partial charge in [-0.2, -0.15) is 0 Å². The maximum atomic E-state index is 13.3. The van der Waals surface area contributed by atoms with Crippen molar-refractivity contribution in [3.63, 3.8) is 0 Å². The second kappa shape index (κ2) is 14.5. The minimum absolute atomic E-state index is 0.0792. The van der Waals surface area contributed by atoms with Gasteiger partial charge in [-0.25, -0.2) is 0 Å². The molecule has 1 aromatic heterocycles. The van der Waals surface area contributed by atoms with E-state index >= 15 is 0 Å². The molecule has 0 aliphatic heterocycles. The number of rotatable bonds is 14. The standard InChI is InChI=1S/C32H36ClN3O5/c1-22(35-28-19-27(38-2)18-24-8-5-15-34-32(24)28)7-6-16-36(20-23-9-14-29(39-3)30(17-23)40-4)31(37)21-41-26-12-10-25(33)11-13-26/h5,8-15,17-19,22,35H,6-7,16,20-21H2,1-4H3. The molecule has 1 unspecified atom stereocenters. The fourth-order valence-corrected chi connectivity index (χ4v) is 4.70.